The van der Waals surface area contributed by atoms with Gasteiger partial charge in [0.1, 0.15) is 0 Å². The lowest BCUT2D eigenvalue weighted by Gasteiger charge is -2.09. The summed E-state index contributed by atoms with van der Waals surface area (Å²) in [6.07, 6.45) is 0. The van der Waals surface area contributed by atoms with Gasteiger partial charge in [0.25, 0.3) is 0 Å². The topological polar surface area (TPSA) is 82.8 Å². The maximum atomic E-state index is 13.6. The van der Waals surface area contributed by atoms with Crippen molar-refractivity contribution in [2.24, 2.45) is 0 Å². The smallest absolute Gasteiger partial charge is 0.167 e. The summed E-state index contributed by atoms with van der Waals surface area (Å²) in [6.45, 7) is 0. The summed E-state index contributed by atoms with van der Waals surface area (Å²) in [5, 5.41) is 17.3. The molecule has 19 heavy (non-hydrogen) atoms. The lowest BCUT2D eigenvalue weighted by Crippen LogP contribution is -1.95. The van der Waals surface area contributed by atoms with Gasteiger partial charge in [0, 0.05) is 0 Å². The fourth-order valence-corrected chi connectivity index (χ4v) is 1.48. The Bertz CT molecular complexity index is 652. The van der Waals surface area contributed by atoms with Crippen molar-refractivity contribution in [3.8, 4) is 23.6 Å². The molecule has 0 saturated carbocycles. The maximum Gasteiger partial charge on any atom is 0.167 e. The number of nitriles is 2. The number of nitrogens with zero attached hydrogens (tertiary/aromatic N) is 2. The Labute approximate surface area is 109 Å². The third-order valence-corrected chi connectivity index (χ3v) is 2.42. The molecule has 0 aliphatic carbocycles. The van der Waals surface area contributed by atoms with E-state index in [-0.39, 0.29) is 22.7 Å². The number of hydrogen-bond acceptors (Lipinski definition) is 4. The Morgan fingerprint density at radius 3 is 2.05 bits per heavy atom. The van der Waals surface area contributed by atoms with Crippen molar-refractivity contribution in [2.45, 2.75) is 0 Å². The number of nitrogens with two attached hydrogens (primary N) is 1. The van der Waals surface area contributed by atoms with Crippen LogP contribution in [0.3, 0.4) is 0 Å². The molecule has 0 fully saturated rings. The number of halogens is 1. The molecule has 0 spiro atoms. The van der Waals surface area contributed by atoms with Gasteiger partial charge < -0.3 is 10.5 Å². The number of anilines is 1. The Kier molecular flexibility index (Phi) is 3.31. The zero-order chi connectivity index (χ0) is 13.8. The molecule has 4 nitrogen and oxygen atoms in total. The first-order valence-corrected chi connectivity index (χ1v) is 5.31. The zero-order valence-corrected chi connectivity index (χ0v) is 9.72. The van der Waals surface area contributed by atoms with Crippen LogP contribution in [0.4, 0.5) is 10.1 Å². The Hall–Kier alpha value is -3.05. The van der Waals surface area contributed by atoms with Gasteiger partial charge in [-0.15, -0.1) is 0 Å². The minimum atomic E-state index is -0.650. The standard InChI is InChI=1S/C14H8FN3O/c15-11-5-9(7-16)1-3-13(11)19-14-4-2-10(8-17)6-12(14)18/h1-6H,18H2. The van der Waals surface area contributed by atoms with Gasteiger partial charge in [-0.3, -0.25) is 0 Å². The van der Waals surface area contributed by atoms with Crippen molar-refractivity contribution < 1.29 is 9.13 Å². The third-order valence-electron chi connectivity index (χ3n) is 2.42. The molecule has 0 heterocycles. The number of benzene rings is 2. The summed E-state index contributed by atoms with van der Waals surface area (Å²) < 4.78 is 19.0. The van der Waals surface area contributed by atoms with E-state index in [0.717, 1.165) is 6.07 Å². The van der Waals surface area contributed by atoms with E-state index in [1.165, 1.54) is 30.3 Å². The van der Waals surface area contributed by atoms with Crippen LogP contribution in [0.2, 0.25) is 0 Å². The molecule has 0 unspecified atom stereocenters. The third kappa shape index (κ3) is 2.62. The second kappa shape index (κ2) is 5.07. The minimum Gasteiger partial charge on any atom is -0.452 e. The van der Waals surface area contributed by atoms with Gasteiger partial charge >= 0.3 is 0 Å². The van der Waals surface area contributed by atoms with Gasteiger partial charge in [-0.05, 0) is 36.4 Å². The second-order valence-corrected chi connectivity index (χ2v) is 3.72. The first-order chi connectivity index (χ1) is 9.13. The van der Waals surface area contributed by atoms with Gasteiger partial charge in [0.15, 0.2) is 17.3 Å². The highest BCUT2D eigenvalue weighted by molar-refractivity contribution is 5.58. The Morgan fingerprint density at radius 1 is 0.947 bits per heavy atom. The van der Waals surface area contributed by atoms with Crippen molar-refractivity contribution >= 4 is 5.69 Å². The normalized spacial score (nSPS) is 9.42. The average Bonchev–Trinajstić information content (AvgIpc) is 2.42. The van der Waals surface area contributed by atoms with Crippen LogP contribution < -0.4 is 10.5 Å². The molecule has 0 atom stereocenters. The first-order valence-electron chi connectivity index (χ1n) is 5.31. The van der Waals surface area contributed by atoms with Gasteiger partial charge in [-0.2, -0.15) is 10.5 Å². The molecule has 0 aromatic heterocycles. The highest BCUT2D eigenvalue weighted by Gasteiger charge is 2.08. The zero-order valence-electron chi connectivity index (χ0n) is 9.72. The summed E-state index contributed by atoms with van der Waals surface area (Å²) in [4.78, 5) is 0. The maximum absolute atomic E-state index is 13.6. The average molecular weight is 253 g/mol. The lowest BCUT2D eigenvalue weighted by molar-refractivity contribution is 0.444. The molecule has 2 aromatic carbocycles. The van der Waals surface area contributed by atoms with E-state index >= 15 is 0 Å². The predicted molar refractivity (Wildman–Crippen MR) is 66.8 cm³/mol. The molecule has 5 heteroatoms. The van der Waals surface area contributed by atoms with Crippen LogP contribution in [0.25, 0.3) is 0 Å². The van der Waals surface area contributed by atoms with E-state index in [2.05, 4.69) is 0 Å². The van der Waals surface area contributed by atoms with E-state index in [1.54, 1.807) is 0 Å². The van der Waals surface area contributed by atoms with Gasteiger partial charge in [-0.1, -0.05) is 0 Å². The summed E-state index contributed by atoms with van der Waals surface area (Å²) in [7, 11) is 0. The molecular formula is C14H8FN3O. The molecule has 92 valence electrons. The fourth-order valence-electron chi connectivity index (χ4n) is 1.48. The summed E-state index contributed by atoms with van der Waals surface area (Å²) in [5.74, 6) is -0.430. The van der Waals surface area contributed by atoms with Gasteiger partial charge in [0.05, 0.1) is 29.0 Å². The number of nitrogen functional groups attached to an aromatic ring is 1. The largest absolute Gasteiger partial charge is 0.452 e. The van der Waals surface area contributed by atoms with Crippen LogP contribution in [0.1, 0.15) is 11.1 Å². The van der Waals surface area contributed by atoms with Crippen molar-refractivity contribution in [2.75, 3.05) is 5.73 Å². The van der Waals surface area contributed by atoms with Crippen LogP contribution in [0, 0.1) is 28.5 Å². The Morgan fingerprint density at radius 2 is 1.53 bits per heavy atom. The molecule has 0 aliphatic rings. The van der Waals surface area contributed by atoms with E-state index in [1.807, 2.05) is 12.1 Å². The van der Waals surface area contributed by atoms with Crippen LogP contribution in [-0.4, -0.2) is 0 Å². The van der Waals surface area contributed by atoms with E-state index < -0.39 is 5.82 Å². The molecule has 0 saturated heterocycles. The second-order valence-electron chi connectivity index (χ2n) is 3.72. The van der Waals surface area contributed by atoms with Gasteiger partial charge in [-0.25, -0.2) is 4.39 Å². The molecule has 2 rings (SSSR count). The van der Waals surface area contributed by atoms with Crippen LogP contribution in [0.15, 0.2) is 36.4 Å². The van der Waals surface area contributed by atoms with E-state index in [4.69, 9.17) is 21.0 Å². The van der Waals surface area contributed by atoms with E-state index in [9.17, 15) is 4.39 Å². The summed E-state index contributed by atoms with van der Waals surface area (Å²) >= 11 is 0. The molecule has 0 aliphatic heterocycles. The number of rotatable bonds is 2. The van der Waals surface area contributed by atoms with Crippen molar-refractivity contribution in [3.05, 3.63) is 53.3 Å². The van der Waals surface area contributed by atoms with Crippen molar-refractivity contribution in [1.29, 1.82) is 10.5 Å². The van der Waals surface area contributed by atoms with Crippen molar-refractivity contribution in [1.82, 2.24) is 0 Å². The predicted octanol–water partition coefficient (Wildman–Crippen LogP) is 2.94. The van der Waals surface area contributed by atoms with Crippen molar-refractivity contribution in [3.63, 3.8) is 0 Å². The summed E-state index contributed by atoms with van der Waals surface area (Å²) in [5.41, 5.74) is 6.54. The van der Waals surface area contributed by atoms with E-state index in [0.29, 0.717) is 5.56 Å². The first kappa shape index (κ1) is 12.4. The quantitative estimate of drug-likeness (QED) is 0.834. The van der Waals surface area contributed by atoms with Crippen LogP contribution in [-0.2, 0) is 0 Å². The lowest BCUT2D eigenvalue weighted by atomic mass is 10.2. The molecule has 0 amide bonds. The molecule has 2 aromatic rings. The molecule has 2 N–H and O–H groups in total. The SMILES string of the molecule is N#Cc1ccc(Oc2ccc(C#N)cc2F)c(N)c1. The van der Waals surface area contributed by atoms with Gasteiger partial charge in [0.2, 0.25) is 0 Å². The number of hydrogen-bond donors (Lipinski definition) is 1. The highest BCUT2D eigenvalue weighted by atomic mass is 19.1. The monoisotopic (exact) mass is 253 g/mol. The molecule has 0 radical (unpaired) electrons. The highest BCUT2D eigenvalue weighted by Crippen LogP contribution is 2.30. The molecular weight excluding hydrogens is 245 g/mol. The molecule has 0 bridgehead atoms. The van der Waals surface area contributed by atoms with Crippen LogP contribution in [0.5, 0.6) is 11.5 Å². The summed E-state index contributed by atoms with van der Waals surface area (Å²) in [6, 6.07) is 12.1. The fraction of sp³-hybridized carbons (Fsp3) is 0. The minimum absolute atomic E-state index is 0.0320. The van der Waals surface area contributed by atoms with Crippen LogP contribution >= 0.6 is 0 Å². The number of ether oxygens (including phenoxy) is 1. The Balaban J connectivity index is 2.32.